The average molecular weight is 270 g/mol. The Hall–Kier alpha value is -1.59. The fourth-order valence-corrected chi connectivity index (χ4v) is 1.99. The molecule has 0 spiro atoms. The quantitative estimate of drug-likeness (QED) is 0.736. The average Bonchev–Trinajstić information content (AvgIpc) is 2.55. The van der Waals surface area contributed by atoms with Crippen LogP contribution in [0.5, 0.6) is 0 Å². The summed E-state index contributed by atoms with van der Waals surface area (Å²) < 4.78 is 4.80. The van der Waals surface area contributed by atoms with Crippen LogP contribution in [0.1, 0.15) is 39.5 Å². The number of ether oxygens (including phenoxy) is 1. The number of hydrogen-bond acceptors (Lipinski definition) is 4. The first-order valence-corrected chi connectivity index (χ1v) is 6.78. The first kappa shape index (κ1) is 15.5. The molecule has 2 amide bonds. The third kappa shape index (κ3) is 5.28. The van der Waals surface area contributed by atoms with Crippen molar-refractivity contribution in [3.05, 3.63) is 0 Å². The number of rotatable bonds is 5. The predicted octanol–water partition coefficient (Wildman–Crippen LogP) is 0.457. The van der Waals surface area contributed by atoms with Gasteiger partial charge in [-0.25, -0.2) is 4.79 Å². The molecule has 6 heteroatoms. The van der Waals surface area contributed by atoms with Gasteiger partial charge in [0.05, 0.1) is 13.2 Å². The number of carbonyl (C=O) groups excluding carboxylic acids is 3. The van der Waals surface area contributed by atoms with Crippen molar-refractivity contribution in [2.45, 2.75) is 45.6 Å². The zero-order chi connectivity index (χ0) is 14.3. The molecule has 108 valence electrons. The Bertz CT molecular complexity index is 344. The van der Waals surface area contributed by atoms with Crippen LogP contribution in [0.4, 0.5) is 0 Å². The van der Waals surface area contributed by atoms with E-state index in [1.54, 1.807) is 18.7 Å². The summed E-state index contributed by atoms with van der Waals surface area (Å²) in [6.07, 6.45) is 3.33. The van der Waals surface area contributed by atoms with E-state index in [-0.39, 0.29) is 25.0 Å². The topological polar surface area (TPSA) is 75.7 Å². The van der Waals surface area contributed by atoms with Crippen molar-refractivity contribution >= 4 is 17.8 Å². The zero-order valence-electron chi connectivity index (χ0n) is 11.6. The molecular weight excluding hydrogens is 248 g/mol. The third-order valence-corrected chi connectivity index (χ3v) is 3.02. The fourth-order valence-electron chi connectivity index (χ4n) is 1.99. The van der Waals surface area contributed by atoms with Gasteiger partial charge in [0.15, 0.2) is 0 Å². The van der Waals surface area contributed by atoms with Crippen LogP contribution in [-0.2, 0) is 19.1 Å². The molecule has 1 aliphatic heterocycles. The minimum atomic E-state index is -0.686. The van der Waals surface area contributed by atoms with Gasteiger partial charge in [0.1, 0.15) is 6.04 Å². The summed E-state index contributed by atoms with van der Waals surface area (Å²) in [5.41, 5.74) is 0. The monoisotopic (exact) mass is 270 g/mol. The van der Waals surface area contributed by atoms with E-state index >= 15 is 0 Å². The highest BCUT2D eigenvalue weighted by molar-refractivity contribution is 5.88. The highest BCUT2D eigenvalue weighted by Gasteiger charge is 2.22. The zero-order valence-corrected chi connectivity index (χ0v) is 11.6. The van der Waals surface area contributed by atoms with Crippen molar-refractivity contribution in [1.82, 2.24) is 10.2 Å². The Kier molecular flexibility index (Phi) is 6.32. The number of hydrogen-bond donors (Lipinski definition) is 1. The Morgan fingerprint density at radius 1 is 1.37 bits per heavy atom. The lowest BCUT2D eigenvalue weighted by atomic mass is 10.2. The molecule has 0 aliphatic carbocycles. The SMILES string of the molecule is CCOC(=O)C(C)NC(=O)CN1CCCCCC1=O. The number of amides is 2. The normalized spacial score (nSPS) is 17.6. The fraction of sp³-hybridized carbons (Fsp3) is 0.769. The molecule has 0 aromatic heterocycles. The molecule has 0 aromatic carbocycles. The van der Waals surface area contributed by atoms with Crippen LogP contribution >= 0.6 is 0 Å². The number of esters is 1. The summed E-state index contributed by atoms with van der Waals surface area (Å²) in [5.74, 6) is -0.773. The predicted molar refractivity (Wildman–Crippen MR) is 69.3 cm³/mol. The molecule has 6 nitrogen and oxygen atoms in total. The summed E-state index contributed by atoms with van der Waals surface area (Å²) in [6.45, 7) is 4.19. The number of nitrogens with one attached hydrogen (secondary N) is 1. The second-order valence-electron chi connectivity index (χ2n) is 4.67. The van der Waals surface area contributed by atoms with E-state index < -0.39 is 12.0 Å². The van der Waals surface area contributed by atoms with Crippen molar-refractivity contribution in [2.24, 2.45) is 0 Å². The number of carbonyl (C=O) groups is 3. The molecule has 1 rings (SSSR count). The lowest BCUT2D eigenvalue weighted by Crippen LogP contribution is -2.46. The number of likely N-dealkylation sites (tertiary alicyclic amines) is 1. The Balaban J connectivity index is 2.41. The van der Waals surface area contributed by atoms with Crippen LogP contribution in [0.15, 0.2) is 0 Å². The van der Waals surface area contributed by atoms with Gasteiger partial charge >= 0.3 is 5.97 Å². The number of nitrogens with zero attached hydrogens (tertiary/aromatic N) is 1. The van der Waals surface area contributed by atoms with Crippen LogP contribution in [-0.4, -0.2) is 48.4 Å². The first-order valence-electron chi connectivity index (χ1n) is 6.78. The van der Waals surface area contributed by atoms with Crippen LogP contribution in [0.3, 0.4) is 0 Å². The molecule has 1 unspecified atom stereocenters. The largest absolute Gasteiger partial charge is 0.464 e. The lowest BCUT2D eigenvalue weighted by molar-refractivity contribution is -0.147. The van der Waals surface area contributed by atoms with Gasteiger partial charge in [0, 0.05) is 13.0 Å². The summed E-state index contributed by atoms with van der Waals surface area (Å²) in [7, 11) is 0. The van der Waals surface area contributed by atoms with Crippen molar-refractivity contribution in [2.75, 3.05) is 19.7 Å². The van der Waals surface area contributed by atoms with Gasteiger partial charge < -0.3 is 15.0 Å². The van der Waals surface area contributed by atoms with Crippen molar-refractivity contribution < 1.29 is 19.1 Å². The first-order chi connectivity index (χ1) is 9.04. The molecule has 0 bridgehead atoms. The van der Waals surface area contributed by atoms with Gasteiger partial charge in [0.2, 0.25) is 11.8 Å². The minimum Gasteiger partial charge on any atom is -0.464 e. The van der Waals surface area contributed by atoms with E-state index in [1.807, 2.05) is 0 Å². The molecule has 1 fully saturated rings. The summed E-state index contributed by atoms with van der Waals surface area (Å²) in [5, 5.41) is 2.55. The van der Waals surface area contributed by atoms with Crippen molar-refractivity contribution in [3.8, 4) is 0 Å². The molecule has 0 radical (unpaired) electrons. The van der Waals surface area contributed by atoms with Crippen LogP contribution in [0.25, 0.3) is 0 Å². The maximum absolute atomic E-state index is 11.8. The Morgan fingerprint density at radius 2 is 2.11 bits per heavy atom. The van der Waals surface area contributed by atoms with Crippen molar-refractivity contribution in [1.29, 1.82) is 0 Å². The summed E-state index contributed by atoms with van der Waals surface area (Å²) >= 11 is 0. The molecule has 1 N–H and O–H groups in total. The maximum Gasteiger partial charge on any atom is 0.328 e. The van der Waals surface area contributed by atoms with Crippen LogP contribution < -0.4 is 5.32 Å². The summed E-state index contributed by atoms with van der Waals surface area (Å²) in [4.78, 5) is 36.4. The van der Waals surface area contributed by atoms with E-state index in [4.69, 9.17) is 4.74 Å². The standard InChI is InChI=1S/C13H22N2O4/c1-3-19-13(18)10(2)14-11(16)9-15-8-6-4-5-7-12(15)17/h10H,3-9H2,1-2H3,(H,14,16). The van der Waals surface area contributed by atoms with Gasteiger partial charge in [-0.05, 0) is 26.7 Å². The summed E-state index contributed by atoms with van der Waals surface area (Å²) in [6, 6.07) is -0.686. The van der Waals surface area contributed by atoms with E-state index in [0.29, 0.717) is 13.0 Å². The second kappa shape index (κ2) is 7.76. The molecule has 0 aromatic rings. The lowest BCUT2D eigenvalue weighted by Gasteiger charge is -2.21. The Morgan fingerprint density at radius 3 is 2.79 bits per heavy atom. The highest BCUT2D eigenvalue weighted by atomic mass is 16.5. The van der Waals surface area contributed by atoms with E-state index in [1.165, 1.54) is 0 Å². The molecule has 1 atom stereocenters. The minimum absolute atomic E-state index is 0.0106. The van der Waals surface area contributed by atoms with Gasteiger partial charge in [-0.3, -0.25) is 9.59 Å². The van der Waals surface area contributed by atoms with E-state index in [2.05, 4.69) is 5.32 Å². The molecule has 1 saturated heterocycles. The molecule has 1 aliphatic rings. The van der Waals surface area contributed by atoms with Crippen LogP contribution in [0.2, 0.25) is 0 Å². The molecular formula is C13H22N2O4. The smallest absolute Gasteiger partial charge is 0.328 e. The van der Waals surface area contributed by atoms with Gasteiger partial charge in [0.25, 0.3) is 0 Å². The Labute approximate surface area is 113 Å². The molecule has 1 heterocycles. The van der Waals surface area contributed by atoms with Crippen molar-refractivity contribution in [3.63, 3.8) is 0 Å². The molecule has 0 saturated carbocycles. The van der Waals surface area contributed by atoms with Crippen LogP contribution in [0, 0.1) is 0 Å². The van der Waals surface area contributed by atoms with E-state index in [0.717, 1.165) is 19.3 Å². The second-order valence-corrected chi connectivity index (χ2v) is 4.67. The van der Waals surface area contributed by atoms with Gasteiger partial charge in [-0.2, -0.15) is 0 Å². The van der Waals surface area contributed by atoms with E-state index in [9.17, 15) is 14.4 Å². The maximum atomic E-state index is 11.8. The molecule has 19 heavy (non-hydrogen) atoms. The third-order valence-electron chi connectivity index (χ3n) is 3.02. The van der Waals surface area contributed by atoms with Gasteiger partial charge in [-0.1, -0.05) is 6.42 Å². The van der Waals surface area contributed by atoms with Gasteiger partial charge in [-0.15, -0.1) is 0 Å². The highest BCUT2D eigenvalue weighted by Crippen LogP contribution is 2.10.